The molecule has 0 amide bonds. The van der Waals surface area contributed by atoms with Crippen molar-refractivity contribution < 1.29 is 14.3 Å². The maximum absolute atomic E-state index is 12.1. The first-order valence-electron chi connectivity index (χ1n) is 12.7. The average Bonchev–Trinajstić information content (AvgIpc) is 2.87. The Bertz CT molecular complexity index is 1410. The minimum atomic E-state index is -0.954. The monoisotopic (exact) mass is 500 g/mol. The summed E-state index contributed by atoms with van der Waals surface area (Å²) < 4.78 is 6.42. The van der Waals surface area contributed by atoms with Gasteiger partial charge in [0.25, 0.3) is 0 Å². The Kier molecular flexibility index (Phi) is 8.58. The molecule has 7 nitrogen and oxygen atoms in total. The Balaban J connectivity index is 1.82. The second-order valence-corrected chi connectivity index (χ2v) is 9.84. The van der Waals surface area contributed by atoms with Crippen LogP contribution in [0, 0.1) is 0 Å². The molecule has 2 aromatic carbocycles. The predicted octanol–water partition coefficient (Wildman–Crippen LogP) is 5.12. The van der Waals surface area contributed by atoms with Crippen LogP contribution in [0.25, 0.3) is 33.4 Å². The summed E-state index contributed by atoms with van der Waals surface area (Å²) in [5.41, 5.74) is 4.32. The molecule has 1 aliphatic heterocycles. The molecular formula is C30H36N4O3. The molecule has 194 valence electrons. The van der Waals surface area contributed by atoms with Crippen LogP contribution in [-0.4, -0.2) is 75.2 Å². The van der Waals surface area contributed by atoms with Crippen LogP contribution in [0.4, 0.5) is 5.69 Å². The summed E-state index contributed by atoms with van der Waals surface area (Å²) in [5.74, 6) is -0.273. The number of nitrogens with zero attached hydrogens (tertiary/aromatic N) is 3. The number of benzene rings is 3. The lowest BCUT2D eigenvalue weighted by Crippen LogP contribution is -2.16. The lowest BCUT2D eigenvalue weighted by atomic mass is 9.90. The Morgan fingerprint density at radius 2 is 1.68 bits per heavy atom. The summed E-state index contributed by atoms with van der Waals surface area (Å²) in [5, 5.41) is 15.1. The van der Waals surface area contributed by atoms with Crippen LogP contribution in [0.15, 0.2) is 70.1 Å². The van der Waals surface area contributed by atoms with E-state index in [1.165, 1.54) is 0 Å². The zero-order valence-electron chi connectivity index (χ0n) is 22.1. The highest BCUT2D eigenvalue weighted by Crippen LogP contribution is 2.41. The summed E-state index contributed by atoms with van der Waals surface area (Å²) >= 11 is 0. The van der Waals surface area contributed by atoms with E-state index < -0.39 is 5.97 Å². The van der Waals surface area contributed by atoms with Gasteiger partial charge in [0.1, 0.15) is 11.3 Å². The van der Waals surface area contributed by atoms with Crippen LogP contribution in [-0.2, 0) is 0 Å². The van der Waals surface area contributed by atoms with Crippen LogP contribution >= 0.6 is 0 Å². The van der Waals surface area contributed by atoms with Crippen LogP contribution in [0.1, 0.15) is 23.2 Å². The van der Waals surface area contributed by atoms with Crippen molar-refractivity contribution in [2.24, 2.45) is 4.99 Å². The fourth-order valence-electron chi connectivity index (χ4n) is 4.49. The van der Waals surface area contributed by atoms with E-state index in [9.17, 15) is 9.90 Å². The number of carboxylic acids is 1. The molecule has 1 aliphatic carbocycles. The number of fused-ring (bicyclic) bond motifs is 2. The van der Waals surface area contributed by atoms with E-state index in [2.05, 4.69) is 43.3 Å². The van der Waals surface area contributed by atoms with Gasteiger partial charge in [-0.3, -0.25) is 4.99 Å². The molecular weight excluding hydrogens is 464 g/mol. The van der Waals surface area contributed by atoms with E-state index in [0.29, 0.717) is 16.9 Å². The highest BCUT2D eigenvalue weighted by molar-refractivity contribution is 6.07. The number of hydrogen-bond acceptors (Lipinski definition) is 6. The third kappa shape index (κ3) is 6.56. The SMILES string of the molecule is CN(C)CCCN=c1ccc2c(-c3ccccc3C(=O)O)c3ccc(NCCCN(C)C)cc3oc-2c1. The molecule has 0 unspecified atom stereocenters. The molecule has 7 heteroatoms. The van der Waals surface area contributed by atoms with Crippen LogP contribution in [0.5, 0.6) is 0 Å². The molecule has 0 radical (unpaired) electrons. The van der Waals surface area contributed by atoms with Crippen LogP contribution < -0.4 is 10.7 Å². The number of anilines is 1. The molecule has 0 spiro atoms. The Labute approximate surface area is 218 Å². The largest absolute Gasteiger partial charge is 0.478 e. The van der Waals surface area contributed by atoms with Gasteiger partial charge < -0.3 is 24.6 Å². The fraction of sp³-hybridized carbons (Fsp3) is 0.333. The number of nitrogens with one attached hydrogen (secondary N) is 1. The molecule has 0 bridgehead atoms. The number of hydrogen-bond donors (Lipinski definition) is 2. The first kappa shape index (κ1) is 26.4. The fourth-order valence-corrected chi connectivity index (χ4v) is 4.49. The van der Waals surface area contributed by atoms with Gasteiger partial charge in [-0.15, -0.1) is 0 Å². The Morgan fingerprint density at radius 3 is 2.43 bits per heavy atom. The lowest BCUT2D eigenvalue weighted by molar-refractivity contribution is 0.0697. The summed E-state index contributed by atoms with van der Waals surface area (Å²) in [7, 11) is 8.25. The second kappa shape index (κ2) is 12.0. The first-order valence-corrected chi connectivity index (χ1v) is 12.7. The summed E-state index contributed by atoms with van der Waals surface area (Å²) in [6, 6.07) is 19.1. The summed E-state index contributed by atoms with van der Waals surface area (Å²) in [4.78, 5) is 21.2. The number of rotatable bonds is 11. The van der Waals surface area contributed by atoms with Gasteiger partial charge >= 0.3 is 5.97 Å². The first-order chi connectivity index (χ1) is 17.8. The third-order valence-electron chi connectivity index (χ3n) is 6.30. The normalized spacial score (nSPS) is 12.2. The van der Waals surface area contributed by atoms with Gasteiger partial charge in [-0.25, -0.2) is 4.79 Å². The molecule has 4 rings (SSSR count). The van der Waals surface area contributed by atoms with Crippen molar-refractivity contribution in [3.8, 4) is 22.5 Å². The lowest BCUT2D eigenvalue weighted by Gasteiger charge is -2.18. The van der Waals surface area contributed by atoms with Gasteiger partial charge in [0, 0.05) is 47.4 Å². The van der Waals surface area contributed by atoms with E-state index in [1.807, 2.05) is 48.5 Å². The maximum Gasteiger partial charge on any atom is 0.336 e. The van der Waals surface area contributed by atoms with Gasteiger partial charge in [-0.05, 0) is 90.0 Å². The molecule has 37 heavy (non-hydrogen) atoms. The zero-order chi connectivity index (χ0) is 26.4. The van der Waals surface area contributed by atoms with Gasteiger partial charge in [-0.1, -0.05) is 18.2 Å². The molecule has 0 saturated carbocycles. The minimum Gasteiger partial charge on any atom is -0.478 e. The van der Waals surface area contributed by atoms with E-state index >= 15 is 0 Å². The van der Waals surface area contributed by atoms with Gasteiger partial charge in [-0.2, -0.15) is 0 Å². The number of aromatic carboxylic acids is 1. The quantitative estimate of drug-likeness (QED) is 0.220. The molecule has 0 atom stereocenters. The molecule has 0 saturated heterocycles. The second-order valence-electron chi connectivity index (χ2n) is 9.84. The van der Waals surface area contributed by atoms with Crippen molar-refractivity contribution in [3.05, 3.63) is 71.6 Å². The van der Waals surface area contributed by atoms with Crippen LogP contribution in [0.2, 0.25) is 0 Å². The van der Waals surface area contributed by atoms with Crippen molar-refractivity contribution in [2.75, 3.05) is 59.7 Å². The smallest absolute Gasteiger partial charge is 0.336 e. The van der Waals surface area contributed by atoms with Crippen molar-refractivity contribution in [1.29, 1.82) is 0 Å². The maximum atomic E-state index is 12.1. The zero-order valence-corrected chi connectivity index (χ0v) is 22.1. The van der Waals surface area contributed by atoms with E-state index in [0.717, 1.165) is 66.6 Å². The highest BCUT2D eigenvalue weighted by Gasteiger charge is 2.21. The Morgan fingerprint density at radius 1 is 0.919 bits per heavy atom. The standard InChI is InChI=1S/C30H36N4O3/c1-33(2)17-7-15-31-21-11-13-25-27(19-21)37-28-20-22(32-16-8-18-34(3)4)12-14-26(28)29(25)23-9-5-6-10-24(23)30(35)36/h5-6,9-14,19-20,31H,7-8,15-18H2,1-4H3,(H,35,36). The summed E-state index contributed by atoms with van der Waals surface area (Å²) in [6.45, 7) is 3.56. The minimum absolute atomic E-state index is 0.264. The van der Waals surface area contributed by atoms with Gasteiger partial charge in [0.15, 0.2) is 0 Å². The van der Waals surface area contributed by atoms with Crippen molar-refractivity contribution in [2.45, 2.75) is 12.8 Å². The predicted molar refractivity (Wildman–Crippen MR) is 150 cm³/mol. The van der Waals surface area contributed by atoms with E-state index in [-0.39, 0.29) is 5.56 Å². The van der Waals surface area contributed by atoms with Crippen molar-refractivity contribution in [3.63, 3.8) is 0 Å². The number of carbonyl (C=O) groups is 1. The molecule has 1 heterocycles. The summed E-state index contributed by atoms with van der Waals surface area (Å²) in [6.07, 6.45) is 2.00. The Hall–Kier alpha value is -3.68. The molecule has 0 aromatic heterocycles. The molecule has 2 aromatic rings. The third-order valence-corrected chi connectivity index (χ3v) is 6.30. The topological polar surface area (TPSA) is 81.3 Å². The molecule has 2 N–H and O–H groups in total. The van der Waals surface area contributed by atoms with Crippen LogP contribution in [0.3, 0.4) is 0 Å². The highest BCUT2D eigenvalue weighted by atomic mass is 16.4. The molecule has 2 aliphatic rings. The number of carboxylic acid groups (broad SMARTS) is 1. The average molecular weight is 501 g/mol. The van der Waals surface area contributed by atoms with E-state index in [1.54, 1.807) is 12.1 Å². The van der Waals surface area contributed by atoms with Gasteiger partial charge in [0.2, 0.25) is 0 Å². The van der Waals surface area contributed by atoms with E-state index in [4.69, 9.17) is 9.41 Å². The van der Waals surface area contributed by atoms with Crippen molar-refractivity contribution in [1.82, 2.24) is 9.80 Å². The molecule has 0 fully saturated rings. The van der Waals surface area contributed by atoms with Gasteiger partial charge in [0.05, 0.1) is 10.9 Å². The van der Waals surface area contributed by atoms with Crippen molar-refractivity contribution >= 4 is 22.6 Å².